The third-order valence-corrected chi connectivity index (χ3v) is 7.01. The molecule has 0 aliphatic carbocycles. The first kappa shape index (κ1) is 26.7. The van der Waals surface area contributed by atoms with E-state index in [1.165, 1.54) is 35.1 Å². The number of ether oxygens (including phenoxy) is 3. The lowest BCUT2D eigenvalue weighted by Gasteiger charge is -2.11. The molecule has 2 aromatic carbocycles. The standard InChI is InChI=1S/C29H35N3O4S/c1-4-6-8-10-17-35-23-14-12-22(13-15-23)27-30-29-32(31-27)28(33)26(37-29)20-21-11-16-24(25(19-21)34-3)36-18-9-7-5-2/h11-16,19-20H,4-10,17-18H2,1-3H3/b26-20+. The SMILES string of the molecule is CCCCCCOc1ccc(-c2nc3s/c(=C/c4ccc(OCCCCC)c(OC)c4)c(=O)n3n2)cc1. The molecule has 8 heteroatoms. The highest BCUT2D eigenvalue weighted by Crippen LogP contribution is 2.28. The number of hydrogen-bond acceptors (Lipinski definition) is 7. The normalized spacial score (nSPS) is 11.8. The largest absolute Gasteiger partial charge is 0.494 e. The predicted molar refractivity (Wildman–Crippen MR) is 149 cm³/mol. The van der Waals surface area contributed by atoms with E-state index in [1.54, 1.807) is 7.11 Å². The van der Waals surface area contributed by atoms with Crippen LogP contribution in [0.2, 0.25) is 0 Å². The Morgan fingerprint density at radius 1 is 0.892 bits per heavy atom. The summed E-state index contributed by atoms with van der Waals surface area (Å²) in [5.74, 6) is 2.71. The van der Waals surface area contributed by atoms with E-state index in [-0.39, 0.29) is 5.56 Å². The van der Waals surface area contributed by atoms with Crippen LogP contribution in [0.1, 0.15) is 64.4 Å². The lowest BCUT2D eigenvalue weighted by molar-refractivity contribution is 0.286. The van der Waals surface area contributed by atoms with Crippen LogP contribution in [0.15, 0.2) is 47.3 Å². The van der Waals surface area contributed by atoms with E-state index < -0.39 is 0 Å². The van der Waals surface area contributed by atoms with Crippen LogP contribution in [0.3, 0.4) is 0 Å². The van der Waals surface area contributed by atoms with Gasteiger partial charge in [-0.15, -0.1) is 5.10 Å². The summed E-state index contributed by atoms with van der Waals surface area (Å²) in [5, 5.41) is 4.46. The molecule has 0 fully saturated rings. The molecule has 0 saturated carbocycles. The van der Waals surface area contributed by atoms with Crippen molar-refractivity contribution in [2.45, 2.75) is 58.8 Å². The molecule has 0 aliphatic heterocycles. The molecule has 2 aromatic heterocycles. The minimum absolute atomic E-state index is 0.190. The number of thiazole rings is 1. The van der Waals surface area contributed by atoms with E-state index in [4.69, 9.17) is 14.2 Å². The average molecular weight is 522 g/mol. The Hall–Kier alpha value is -3.39. The molecule has 2 heterocycles. The smallest absolute Gasteiger partial charge is 0.291 e. The Balaban J connectivity index is 1.47. The van der Waals surface area contributed by atoms with Gasteiger partial charge in [0, 0.05) is 5.56 Å². The van der Waals surface area contributed by atoms with Crippen molar-refractivity contribution in [3.8, 4) is 28.6 Å². The molecular formula is C29H35N3O4S. The van der Waals surface area contributed by atoms with Crippen molar-refractivity contribution in [2.75, 3.05) is 20.3 Å². The van der Waals surface area contributed by atoms with Crippen LogP contribution in [0.5, 0.6) is 17.2 Å². The van der Waals surface area contributed by atoms with Crippen molar-refractivity contribution in [3.05, 3.63) is 62.9 Å². The van der Waals surface area contributed by atoms with Crippen LogP contribution in [0.4, 0.5) is 0 Å². The van der Waals surface area contributed by atoms with Crippen LogP contribution in [-0.2, 0) is 0 Å². The first-order valence-electron chi connectivity index (χ1n) is 13.1. The molecule has 0 N–H and O–H groups in total. The Kier molecular flexibility index (Phi) is 9.54. The maximum atomic E-state index is 13.0. The molecule has 0 aliphatic rings. The topological polar surface area (TPSA) is 75.0 Å². The highest BCUT2D eigenvalue weighted by atomic mass is 32.1. The highest BCUT2D eigenvalue weighted by Gasteiger charge is 2.13. The second-order valence-corrected chi connectivity index (χ2v) is 9.95. The molecule has 0 bridgehead atoms. The third-order valence-electron chi connectivity index (χ3n) is 6.05. The Morgan fingerprint density at radius 2 is 1.62 bits per heavy atom. The second-order valence-electron chi connectivity index (χ2n) is 8.94. The minimum atomic E-state index is -0.190. The monoisotopic (exact) mass is 521 g/mol. The number of fused-ring (bicyclic) bond motifs is 1. The summed E-state index contributed by atoms with van der Waals surface area (Å²) in [5.41, 5.74) is 1.51. The quantitative estimate of drug-likeness (QED) is 0.192. The fraction of sp³-hybridized carbons (Fsp3) is 0.414. The highest BCUT2D eigenvalue weighted by molar-refractivity contribution is 7.15. The van der Waals surface area contributed by atoms with Crippen molar-refractivity contribution in [2.24, 2.45) is 0 Å². The van der Waals surface area contributed by atoms with E-state index in [0.717, 1.165) is 49.2 Å². The summed E-state index contributed by atoms with van der Waals surface area (Å²) in [7, 11) is 1.62. The van der Waals surface area contributed by atoms with Gasteiger partial charge in [-0.05, 0) is 60.9 Å². The molecule has 4 rings (SSSR count). The van der Waals surface area contributed by atoms with E-state index in [0.29, 0.717) is 33.4 Å². The van der Waals surface area contributed by atoms with Crippen LogP contribution in [0, 0.1) is 0 Å². The van der Waals surface area contributed by atoms with Crippen molar-refractivity contribution in [1.29, 1.82) is 0 Å². The van der Waals surface area contributed by atoms with Gasteiger partial charge in [-0.25, -0.2) is 0 Å². The van der Waals surface area contributed by atoms with Crippen molar-refractivity contribution in [3.63, 3.8) is 0 Å². The van der Waals surface area contributed by atoms with Crippen molar-refractivity contribution < 1.29 is 14.2 Å². The summed E-state index contributed by atoms with van der Waals surface area (Å²) in [6.45, 7) is 5.74. The van der Waals surface area contributed by atoms with Gasteiger partial charge < -0.3 is 14.2 Å². The zero-order valence-corrected chi connectivity index (χ0v) is 22.7. The lowest BCUT2D eigenvalue weighted by Crippen LogP contribution is -2.23. The molecule has 196 valence electrons. The number of benzene rings is 2. The maximum absolute atomic E-state index is 13.0. The number of nitrogens with zero attached hydrogens (tertiary/aromatic N) is 3. The average Bonchev–Trinajstić information content (AvgIpc) is 3.46. The first-order valence-corrected chi connectivity index (χ1v) is 13.9. The fourth-order valence-electron chi connectivity index (χ4n) is 3.95. The Bertz CT molecular complexity index is 1400. The summed E-state index contributed by atoms with van der Waals surface area (Å²) >= 11 is 1.32. The molecule has 37 heavy (non-hydrogen) atoms. The van der Waals surface area contributed by atoms with Crippen LogP contribution >= 0.6 is 11.3 Å². The number of rotatable bonds is 14. The van der Waals surface area contributed by atoms with Crippen molar-refractivity contribution in [1.82, 2.24) is 14.6 Å². The Labute approximate surface area is 221 Å². The van der Waals surface area contributed by atoms with E-state index in [2.05, 4.69) is 23.9 Å². The zero-order chi connectivity index (χ0) is 26.0. The third kappa shape index (κ3) is 6.89. The predicted octanol–water partition coefficient (Wildman–Crippen LogP) is 5.90. The van der Waals surface area contributed by atoms with Crippen LogP contribution in [0.25, 0.3) is 22.4 Å². The Morgan fingerprint density at radius 3 is 2.35 bits per heavy atom. The molecule has 0 atom stereocenters. The van der Waals surface area contributed by atoms with E-state index in [9.17, 15) is 4.79 Å². The molecular weight excluding hydrogens is 486 g/mol. The van der Waals surface area contributed by atoms with E-state index in [1.807, 2.05) is 48.5 Å². The minimum Gasteiger partial charge on any atom is -0.494 e. The van der Waals surface area contributed by atoms with Crippen LogP contribution < -0.4 is 24.3 Å². The van der Waals surface area contributed by atoms with Gasteiger partial charge in [-0.3, -0.25) is 4.79 Å². The number of methoxy groups -OCH3 is 1. The summed E-state index contributed by atoms with van der Waals surface area (Å²) in [6.07, 6.45) is 9.82. The van der Waals surface area contributed by atoms with Gasteiger partial charge in [0.05, 0.1) is 24.9 Å². The van der Waals surface area contributed by atoms with E-state index >= 15 is 0 Å². The van der Waals surface area contributed by atoms with Crippen LogP contribution in [-0.4, -0.2) is 34.9 Å². The molecule has 0 spiro atoms. The first-order chi connectivity index (χ1) is 18.1. The summed E-state index contributed by atoms with van der Waals surface area (Å²) in [4.78, 5) is 18.2. The van der Waals surface area contributed by atoms with Crippen molar-refractivity contribution >= 4 is 22.4 Å². The maximum Gasteiger partial charge on any atom is 0.291 e. The molecule has 0 amide bonds. The van der Waals surface area contributed by atoms with Gasteiger partial charge in [0.15, 0.2) is 17.3 Å². The number of hydrogen-bond donors (Lipinski definition) is 0. The molecule has 0 unspecified atom stereocenters. The molecule has 0 radical (unpaired) electrons. The number of aromatic nitrogens is 3. The zero-order valence-electron chi connectivity index (χ0n) is 21.9. The lowest BCUT2D eigenvalue weighted by atomic mass is 10.2. The summed E-state index contributed by atoms with van der Waals surface area (Å²) in [6, 6.07) is 13.4. The fourth-order valence-corrected chi connectivity index (χ4v) is 4.86. The van der Waals surface area contributed by atoms with Gasteiger partial charge in [0.1, 0.15) is 5.75 Å². The number of unbranched alkanes of at least 4 members (excludes halogenated alkanes) is 5. The molecule has 7 nitrogen and oxygen atoms in total. The summed E-state index contributed by atoms with van der Waals surface area (Å²) < 4.78 is 19.1. The van der Waals surface area contributed by atoms with Gasteiger partial charge in [0.2, 0.25) is 4.96 Å². The van der Waals surface area contributed by atoms with Gasteiger partial charge >= 0.3 is 0 Å². The van der Waals surface area contributed by atoms with Gasteiger partial charge in [0.25, 0.3) is 5.56 Å². The second kappa shape index (κ2) is 13.2. The van der Waals surface area contributed by atoms with Gasteiger partial charge in [-0.1, -0.05) is 63.4 Å². The molecule has 0 saturated heterocycles. The van der Waals surface area contributed by atoms with Gasteiger partial charge in [-0.2, -0.15) is 9.50 Å². The molecule has 4 aromatic rings.